The Morgan fingerprint density at radius 1 is 1.16 bits per heavy atom. The number of amides is 1. The monoisotopic (exact) mass is 536 g/mol. The third-order valence-electron chi connectivity index (χ3n) is 6.78. The molecule has 1 N–H and O–H groups in total. The number of likely N-dealkylation sites (tertiary alicyclic amines) is 1. The molecule has 1 saturated heterocycles. The van der Waals surface area contributed by atoms with Crippen LogP contribution < -0.4 is 0 Å². The molecule has 0 aliphatic carbocycles. The third-order valence-corrected chi connectivity index (χ3v) is 6.78. The van der Waals surface area contributed by atoms with Gasteiger partial charge >= 0.3 is 0 Å². The molecule has 38 heavy (non-hydrogen) atoms. The topological polar surface area (TPSA) is 88.5 Å². The Hall–Kier alpha value is -3.61. The number of alkyl halides is 3. The van der Waals surface area contributed by atoms with Crippen molar-refractivity contribution < 1.29 is 31.9 Å². The van der Waals surface area contributed by atoms with Gasteiger partial charge in [0.2, 0.25) is 0 Å². The van der Waals surface area contributed by atoms with Crippen molar-refractivity contribution in [3.05, 3.63) is 48.1 Å². The SMILES string of the molecule is CC(C)CC1CN(C(=O)c2cc3c(cn2)c(-c2cnc4c(F)cc(F)cn24)nn3C(F)C(F)F)CCC1O. The van der Waals surface area contributed by atoms with Crippen LogP contribution in [-0.4, -0.2) is 65.7 Å². The molecule has 5 heterocycles. The molecule has 3 atom stereocenters. The van der Waals surface area contributed by atoms with Gasteiger partial charge in [-0.2, -0.15) is 5.10 Å². The molecule has 0 spiro atoms. The van der Waals surface area contributed by atoms with Gasteiger partial charge in [0.05, 0.1) is 23.5 Å². The summed E-state index contributed by atoms with van der Waals surface area (Å²) in [6.07, 6.45) is -2.44. The van der Waals surface area contributed by atoms with Gasteiger partial charge in [0.15, 0.2) is 11.5 Å². The van der Waals surface area contributed by atoms with Gasteiger partial charge < -0.3 is 10.0 Å². The van der Waals surface area contributed by atoms with E-state index in [0.29, 0.717) is 36.1 Å². The predicted molar refractivity (Wildman–Crippen MR) is 127 cm³/mol. The molecule has 0 aromatic carbocycles. The normalized spacial score (nSPS) is 19.3. The number of halogens is 5. The number of carbonyl (C=O) groups excluding carboxylic acids is 1. The molecule has 3 unspecified atom stereocenters. The predicted octanol–water partition coefficient (Wildman–Crippen LogP) is 4.63. The van der Waals surface area contributed by atoms with Crippen molar-refractivity contribution in [3.63, 3.8) is 0 Å². The summed E-state index contributed by atoms with van der Waals surface area (Å²) in [5.74, 6) is -2.18. The highest BCUT2D eigenvalue weighted by Gasteiger charge is 2.33. The number of fused-ring (bicyclic) bond motifs is 2. The molecule has 5 rings (SSSR count). The summed E-state index contributed by atoms with van der Waals surface area (Å²) in [4.78, 5) is 22.9. The van der Waals surface area contributed by atoms with Crippen molar-refractivity contribution in [2.45, 2.75) is 45.5 Å². The fraction of sp³-hybridized carbons (Fsp3) is 0.440. The first-order chi connectivity index (χ1) is 18.0. The third kappa shape index (κ3) is 4.59. The summed E-state index contributed by atoms with van der Waals surface area (Å²) in [5, 5.41) is 14.4. The fourth-order valence-electron chi connectivity index (χ4n) is 5.03. The number of nitrogens with zero attached hydrogens (tertiary/aromatic N) is 6. The first kappa shape index (κ1) is 26.0. The number of aliphatic hydroxyl groups excluding tert-OH is 1. The Morgan fingerprint density at radius 3 is 2.63 bits per heavy atom. The van der Waals surface area contributed by atoms with Gasteiger partial charge in [-0.3, -0.25) is 14.2 Å². The Labute approximate surface area is 213 Å². The zero-order valence-corrected chi connectivity index (χ0v) is 20.5. The van der Waals surface area contributed by atoms with E-state index < -0.39 is 36.4 Å². The van der Waals surface area contributed by atoms with Crippen LogP contribution in [0.1, 0.15) is 43.5 Å². The number of aromatic nitrogens is 5. The maximum atomic E-state index is 14.7. The second-order valence-corrected chi connectivity index (χ2v) is 9.93. The second kappa shape index (κ2) is 9.93. The van der Waals surface area contributed by atoms with Crippen molar-refractivity contribution in [2.75, 3.05) is 13.1 Å². The average Bonchev–Trinajstić information content (AvgIpc) is 3.45. The highest BCUT2D eigenvalue weighted by atomic mass is 19.3. The maximum Gasteiger partial charge on any atom is 0.289 e. The lowest BCUT2D eigenvalue weighted by molar-refractivity contribution is 0.00356. The van der Waals surface area contributed by atoms with Gasteiger partial charge in [-0.25, -0.2) is 31.6 Å². The number of piperidine rings is 1. The molecule has 0 bridgehead atoms. The van der Waals surface area contributed by atoms with Gasteiger partial charge in [0.1, 0.15) is 17.2 Å². The molecule has 1 aliphatic heterocycles. The number of hydrogen-bond donors (Lipinski definition) is 1. The second-order valence-electron chi connectivity index (χ2n) is 9.93. The number of aliphatic hydroxyl groups is 1. The number of pyridine rings is 2. The van der Waals surface area contributed by atoms with Crippen LogP contribution >= 0.6 is 0 Å². The quantitative estimate of drug-likeness (QED) is 0.363. The molecule has 0 radical (unpaired) electrons. The Bertz CT molecular complexity index is 1500. The van der Waals surface area contributed by atoms with Crippen molar-refractivity contribution in [1.82, 2.24) is 29.0 Å². The smallest absolute Gasteiger partial charge is 0.289 e. The number of rotatable bonds is 6. The summed E-state index contributed by atoms with van der Waals surface area (Å²) < 4.78 is 71.1. The van der Waals surface area contributed by atoms with E-state index in [9.17, 15) is 31.9 Å². The maximum absolute atomic E-state index is 14.7. The van der Waals surface area contributed by atoms with Crippen molar-refractivity contribution >= 4 is 22.5 Å². The van der Waals surface area contributed by atoms with Gasteiger partial charge in [-0.1, -0.05) is 13.8 Å². The van der Waals surface area contributed by atoms with Crippen molar-refractivity contribution in [2.24, 2.45) is 11.8 Å². The van der Waals surface area contributed by atoms with Crippen LogP contribution in [0, 0.1) is 23.5 Å². The minimum atomic E-state index is -3.43. The standard InChI is InChI=1S/C25H25F5N6O2/c1-12(2)5-13-10-34(4-3-20(13)37)25(38)17-7-18-15(8-31-17)21(33-36(18)23(30)22(28)29)19-9-32-24-16(27)6-14(26)11-35(19)24/h6-9,11-13,20,22-23,37H,3-5,10H2,1-2H3. The summed E-state index contributed by atoms with van der Waals surface area (Å²) in [7, 11) is 0. The van der Waals surface area contributed by atoms with Crippen molar-refractivity contribution in [3.8, 4) is 11.4 Å². The molecular formula is C25H25F5N6O2. The Kier molecular flexibility index (Phi) is 6.80. The molecule has 202 valence electrons. The number of hydrogen-bond acceptors (Lipinski definition) is 5. The molecule has 8 nitrogen and oxygen atoms in total. The van der Waals surface area contributed by atoms with Crippen LogP contribution in [0.25, 0.3) is 27.9 Å². The van der Waals surface area contributed by atoms with E-state index in [2.05, 4.69) is 15.1 Å². The Morgan fingerprint density at radius 2 is 1.92 bits per heavy atom. The minimum absolute atomic E-state index is 0.0195. The summed E-state index contributed by atoms with van der Waals surface area (Å²) >= 11 is 0. The summed E-state index contributed by atoms with van der Waals surface area (Å²) in [6.45, 7) is 4.61. The molecular weight excluding hydrogens is 511 g/mol. The van der Waals surface area contributed by atoms with E-state index >= 15 is 0 Å². The lowest BCUT2D eigenvalue weighted by Crippen LogP contribution is -2.46. The highest BCUT2D eigenvalue weighted by Crippen LogP contribution is 2.33. The van der Waals surface area contributed by atoms with E-state index in [4.69, 9.17) is 0 Å². The number of imidazole rings is 1. The first-order valence-corrected chi connectivity index (χ1v) is 12.2. The molecule has 13 heteroatoms. The zero-order valence-electron chi connectivity index (χ0n) is 20.5. The molecule has 4 aromatic heterocycles. The van der Waals surface area contributed by atoms with Crippen LogP contribution in [0.5, 0.6) is 0 Å². The molecule has 1 fully saturated rings. The van der Waals surface area contributed by atoms with E-state index in [1.807, 2.05) is 13.8 Å². The van der Waals surface area contributed by atoms with E-state index in [0.717, 1.165) is 16.8 Å². The molecule has 4 aromatic rings. The molecule has 0 saturated carbocycles. The first-order valence-electron chi connectivity index (χ1n) is 12.2. The van der Waals surface area contributed by atoms with E-state index in [-0.39, 0.29) is 46.1 Å². The minimum Gasteiger partial charge on any atom is -0.393 e. The van der Waals surface area contributed by atoms with Crippen LogP contribution in [0.4, 0.5) is 22.0 Å². The van der Waals surface area contributed by atoms with Crippen LogP contribution in [-0.2, 0) is 0 Å². The lowest BCUT2D eigenvalue weighted by atomic mass is 9.87. The van der Waals surface area contributed by atoms with Crippen molar-refractivity contribution in [1.29, 1.82) is 0 Å². The van der Waals surface area contributed by atoms with Gasteiger partial charge in [-0.15, -0.1) is 0 Å². The van der Waals surface area contributed by atoms with E-state index in [1.54, 1.807) is 0 Å². The van der Waals surface area contributed by atoms with Crippen LogP contribution in [0.2, 0.25) is 0 Å². The Balaban J connectivity index is 1.58. The van der Waals surface area contributed by atoms with E-state index in [1.165, 1.54) is 17.2 Å². The summed E-state index contributed by atoms with van der Waals surface area (Å²) in [6, 6.07) is 1.82. The average molecular weight is 537 g/mol. The van der Waals surface area contributed by atoms with Crippen LogP contribution in [0.15, 0.2) is 30.7 Å². The zero-order chi connectivity index (χ0) is 27.3. The fourth-order valence-corrected chi connectivity index (χ4v) is 5.03. The molecule has 1 amide bonds. The largest absolute Gasteiger partial charge is 0.393 e. The van der Waals surface area contributed by atoms with Gasteiger partial charge in [0.25, 0.3) is 18.6 Å². The van der Waals surface area contributed by atoms with Gasteiger partial charge in [-0.05, 0) is 24.8 Å². The lowest BCUT2D eigenvalue weighted by Gasteiger charge is -2.36. The molecule has 1 aliphatic rings. The van der Waals surface area contributed by atoms with Gasteiger partial charge in [0, 0.05) is 42.9 Å². The van der Waals surface area contributed by atoms with Crippen LogP contribution in [0.3, 0.4) is 0 Å². The number of carbonyl (C=O) groups is 1. The highest BCUT2D eigenvalue weighted by molar-refractivity contribution is 5.99. The summed E-state index contributed by atoms with van der Waals surface area (Å²) in [5.41, 5.74) is -0.565.